The molecule has 0 amide bonds. The van der Waals surface area contributed by atoms with Gasteiger partial charge in [0.25, 0.3) is 0 Å². The quantitative estimate of drug-likeness (QED) is 0.543. The molecule has 4 fully saturated rings. The highest BCUT2D eigenvalue weighted by molar-refractivity contribution is 5.83. The molecule has 0 spiro atoms. The highest BCUT2D eigenvalue weighted by Gasteiger charge is 2.63. The van der Waals surface area contributed by atoms with Gasteiger partial charge in [0.05, 0.1) is 24.4 Å². The van der Waals surface area contributed by atoms with Crippen molar-refractivity contribution in [3.05, 3.63) is 0 Å². The second-order valence-electron chi connectivity index (χ2n) is 12.5. The molecule has 0 saturated heterocycles. The third-order valence-electron chi connectivity index (χ3n) is 10.8. The van der Waals surface area contributed by atoms with Crippen LogP contribution in [-0.4, -0.2) is 50.6 Å². The molecule has 0 bridgehead atoms. The summed E-state index contributed by atoms with van der Waals surface area (Å²) in [6.07, 6.45) is 2.84. The molecule has 0 aromatic rings. The second kappa shape index (κ2) is 8.07. The van der Waals surface area contributed by atoms with Crippen molar-refractivity contribution in [2.24, 2.45) is 52.3 Å². The fraction of sp³-hybridized carbons (Fsp3) is 0.962. The molecule has 5 heteroatoms. The molecule has 4 rings (SSSR count). The maximum absolute atomic E-state index is 13.3. The van der Waals surface area contributed by atoms with E-state index >= 15 is 0 Å². The molecule has 0 unspecified atom stereocenters. The lowest BCUT2D eigenvalue weighted by Gasteiger charge is -2.61. The van der Waals surface area contributed by atoms with E-state index in [0.29, 0.717) is 42.9 Å². The van der Waals surface area contributed by atoms with E-state index in [2.05, 4.69) is 20.8 Å². The summed E-state index contributed by atoms with van der Waals surface area (Å²) in [6, 6.07) is 0. The smallest absolute Gasteiger partial charge is 0.136 e. The van der Waals surface area contributed by atoms with Gasteiger partial charge in [-0.15, -0.1) is 0 Å². The summed E-state index contributed by atoms with van der Waals surface area (Å²) in [5, 5.41) is 42.1. The van der Waals surface area contributed by atoms with E-state index in [1.165, 1.54) is 0 Å². The zero-order valence-corrected chi connectivity index (χ0v) is 20.0. The molecule has 31 heavy (non-hydrogen) atoms. The van der Waals surface area contributed by atoms with Crippen LogP contribution in [0.2, 0.25) is 0 Å². The maximum atomic E-state index is 13.3. The maximum Gasteiger partial charge on any atom is 0.136 e. The van der Waals surface area contributed by atoms with Crippen LogP contribution in [0.15, 0.2) is 0 Å². The summed E-state index contributed by atoms with van der Waals surface area (Å²) in [4.78, 5) is 13.3. The van der Waals surface area contributed by atoms with Gasteiger partial charge in [0.1, 0.15) is 5.78 Å². The number of aliphatic hydroxyl groups is 4. The summed E-state index contributed by atoms with van der Waals surface area (Å²) in [7, 11) is 0. The highest BCUT2D eigenvalue weighted by Crippen LogP contribution is 2.67. The van der Waals surface area contributed by atoms with Crippen LogP contribution in [0.3, 0.4) is 0 Å². The Morgan fingerprint density at radius 1 is 0.903 bits per heavy atom. The van der Waals surface area contributed by atoms with E-state index < -0.39 is 24.4 Å². The zero-order valence-electron chi connectivity index (χ0n) is 20.0. The number of ketones is 1. The Balaban J connectivity index is 1.58. The fourth-order valence-corrected chi connectivity index (χ4v) is 8.92. The van der Waals surface area contributed by atoms with Crippen molar-refractivity contribution in [1.29, 1.82) is 0 Å². The summed E-state index contributed by atoms with van der Waals surface area (Å²) in [5.74, 6) is 1.75. The number of aliphatic hydroxyl groups excluding tert-OH is 4. The first-order valence-corrected chi connectivity index (χ1v) is 12.7. The summed E-state index contributed by atoms with van der Waals surface area (Å²) in [6.45, 7) is 10.6. The molecule has 0 heterocycles. The lowest BCUT2D eigenvalue weighted by atomic mass is 9.44. The van der Waals surface area contributed by atoms with E-state index in [9.17, 15) is 25.2 Å². The predicted molar refractivity (Wildman–Crippen MR) is 119 cm³/mol. The number of rotatable bonds is 4. The average molecular weight is 437 g/mol. The second-order valence-corrected chi connectivity index (χ2v) is 12.5. The number of carbonyl (C=O) groups excluding carboxylic acids is 1. The van der Waals surface area contributed by atoms with Gasteiger partial charge in [-0.2, -0.15) is 0 Å². The SMILES string of the molecule is CC(C)[C@@H](O)[C@H](O)[C@H](C)[C@H]1CC[C@H]2[C@@H]3CC(=O)[C@H]4C[C@H](O)[C@H](O)C[C@]4(C)[C@H]3CC[C@]12C. The van der Waals surface area contributed by atoms with Crippen LogP contribution in [0.4, 0.5) is 0 Å². The van der Waals surface area contributed by atoms with Gasteiger partial charge in [-0.25, -0.2) is 0 Å². The first kappa shape index (κ1) is 23.7. The molecular formula is C26H44O5. The molecule has 5 nitrogen and oxygen atoms in total. The van der Waals surface area contributed by atoms with Gasteiger partial charge in [0.2, 0.25) is 0 Å². The van der Waals surface area contributed by atoms with Gasteiger partial charge in [0.15, 0.2) is 0 Å². The fourth-order valence-electron chi connectivity index (χ4n) is 8.92. The Morgan fingerprint density at radius 2 is 1.55 bits per heavy atom. The number of hydrogen-bond acceptors (Lipinski definition) is 5. The molecule has 0 aromatic carbocycles. The standard InChI is InChI=1S/C26H44O5/c1-13(2)23(30)24(31)14(3)16-6-7-17-15-10-20(27)19-11-21(28)22(29)12-26(19,5)18(15)8-9-25(16,17)4/h13-19,21-24,28-31H,6-12H2,1-5H3/t14-,15+,16-,17+,18+,19-,21+,22-,23-,24-,25-,26-/m1/s1. The van der Waals surface area contributed by atoms with Crippen LogP contribution < -0.4 is 0 Å². The number of fused-ring (bicyclic) bond motifs is 5. The number of Topliss-reactive ketones (excluding diaryl/α,β-unsaturated/α-hetero) is 1. The first-order valence-electron chi connectivity index (χ1n) is 12.7. The monoisotopic (exact) mass is 436 g/mol. The molecule has 4 aliphatic carbocycles. The van der Waals surface area contributed by atoms with Crippen molar-refractivity contribution in [2.75, 3.05) is 0 Å². The van der Waals surface area contributed by atoms with Crippen LogP contribution in [0, 0.1) is 52.3 Å². The normalized spacial score (nSPS) is 50.4. The van der Waals surface area contributed by atoms with Crippen molar-refractivity contribution in [2.45, 2.75) is 104 Å². The van der Waals surface area contributed by atoms with E-state index in [1.54, 1.807) is 0 Å². The number of hydrogen-bond donors (Lipinski definition) is 4. The van der Waals surface area contributed by atoms with Crippen LogP contribution >= 0.6 is 0 Å². The van der Waals surface area contributed by atoms with Crippen molar-refractivity contribution in [3.8, 4) is 0 Å². The van der Waals surface area contributed by atoms with E-state index in [4.69, 9.17) is 0 Å². The summed E-state index contributed by atoms with van der Waals surface area (Å²) >= 11 is 0. The van der Waals surface area contributed by atoms with Gasteiger partial charge in [-0.3, -0.25) is 4.79 Å². The molecule has 4 aliphatic rings. The van der Waals surface area contributed by atoms with E-state index in [0.717, 1.165) is 25.7 Å². The molecule has 0 radical (unpaired) electrons. The Hall–Kier alpha value is -0.490. The third kappa shape index (κ3) is 3.53. The van der Waals surface area contributed by atoms with Crippen molar-refractivity contribution in [3.63, 3.8) is 0 Å². The molecule has 178 valence electrons. The molecule has 4 N–H and O–H groups in total. The van der Waals surface area contributed by atoms with Gasteiger partial charge in [-0.1, -0.05) is 34.6 Å². The van der Waals surface area contributed by atoms with Crippen LogP contribution in [0.1, 0.15) is 79.6 Å². The molecular weight excluding hydrogens is 392 g/mol. The predicted octanol–water partition coefficient (Wildman–Crippen LogP) is 3.17. The minimum absolute atomic E-state index is 0.0261. The van der Waals surface area contributed by atoms with Crippen molar-refractivity contribution < 1.29 is 25.2 Å². The first-order chi connectivity index (χ1) is 14.4. The Bertz CT molecular complexity index is 693. The lowest BCUT2D eigenvalue weighted by Crippen LogP contribution is -2.59. The minimum atomic E-state index is -0.780. The van der Waals surface area contributed by atoms with Gasteiger partial charge in [0, 0.05) is 12.3 Å². The van der Waals surface area contributed by atoms with Gasteiger partial charge in [-0.05, 0) is 84.9 Å². The summed E-state index contributed by atoms with van der Waals surface area (Å²) in [5.41, 5.74) is -0.147. The summed E-state index contributed by atoms with van der Waals surface area (Å²) < 4.78 is 0. The highest BCUT2D eigenvalue weighted by atomic mass is 16.3. The molecule has 12 atom stereocenters. The molecule has 4 saturated carbocycles. The molecule has 0 aliphatic heterocycles. The van der Waals surface area contributed by atoms with Crippen LogP contribution in [-0.2, 0) is 4.79 Å². The Morgan fingerprint density at radius 3 is 2.19 bits per heavy atom. The topological polar surface area (TPSA) is 98.0 Å². The Kier molecular flexibility index (Phi) is 6.16. The zero-order chi connectivity index (χ0) is 22.9. The van der Waals surface area contributed by atoms with E-state index in [1.807, 2.05) is 13.8 Å². The van der Waals surface area contributed by atoms with E-state index in [-0.39, 0.29) is 34.4 Å². The third-order valence-corrected chi connectivity index (χ3v) is 10.8. The molecule has 0 aromatic heterocycles. The minimum Gasteiger partial charge on any atom is -0.390 e. The van der Waals surface area contributed by atoms with Crippen molar-refractivity contribution in [1.82, 2.24) is 0 Å². The van der Waals surface area contributed by atoms with Crippen LogP contribution in [0.5, 0.6) is 0 Å². The Labute approximate surface area is 187 Å². The largest absolute Gasteiger partial charge is 0.390 e. The van der Waals surface area contributed by atoms with Crippen molar-refractivity contribution >= 4 is 5.78 Å². The number of carbonyl (C=O) groups is 1. The van der Waals surface area contributed by atoms with Gasteiger partial charge < -0.3 is 20.4 Å². The van der Waals surface area contributed by atoms with Gasteiger partial charge >= 0.3 is 0 Å². The van der Waals surface area contributed by atoms with Crippen LogP contribution in [0.25, 0.3) is 0 Å². The average Bonchev–Trinajstić information content (AvgIpc) is 3.05. The lowest BCUT2D eigenvalue weighted by molar-refractivity contribution is -0.175.